The predicted octanol–water partition coefficient (Wildman–Crippen LogP) is 4.41. The zero-order chi connectivity index (χ0) is 25.6. The van der Waals surface area contributed by atoms with Gasteiger partial charge in [0.2, 0.25) is 10.0 Å². The molecule has 3 aromatic rings. The molecule has 0 atom stereocenters. The van der Waals surface area contributed by atoms with Crippen molar-refractivity contribution in [2.45, 2.75) is 0 Å². The number of anilines is 2. The molecule has 3 N–H and O–H groups in total. The minimum Gasteiger partial charge on any atom is -0.322 e. The number of carbonyl (C=O) groups excluding carboxylic acids is 2. The van der Waals surface area contributed by atoms with E-state index in [1.807, 2.05) is 0 Å². The Bertz CT molecular complexity index is 1380. The first-order valence-electron chi connectivity index (χ1n) is 10.2. The lowest BCUT2D eigenvalue weighted by Crippen LogP contribution is -2.45. The van der Waals surface area contributed by atoms with Crippen LogP contribution >= 0.6 is 27.5 Å². The second-order valence-electron chi connectivity index (χ2n) is 7.42. The molecule has 0 aliphatic rings. The van der Waals surface area contributed by atoms with Crippen LogP contribution in [0.15, 0.2) is 83.8 Å². The number of nitrogens with zero attached hydrogens (tertiary/aromatic N) is 1. The fourth-order valence-corrected chi connectivity index (χ4v) is 4.71. The van der Waals surface area contributed by atoms with Crippen LogP contribution in [0.1, 0.15) is 15.9 Å². The van der Waals surface area contributed by atoms with Gasteiger partial charge < -0.3 is 5.32 Å². The first kappa shape index (κ1) is 26.3. The van der Waals surface area contributed by atoms with Crippen LogP contribution in [0.25, 0.3) is 5.70 Å². The third kappa shape index (κ3) is 7.32. The van der Waals surface area contributed by atoms with E-state index < -0.39 is 22.5 Å². The molecule has 0 aliphatic carbocycles. The second kappa shape index (κ2) is 11.4. The fourth-order valence-electron chi connectivity index (χ4n) is 3.04. The van der Waals surface area contributed by atoms with Gasteiger partial charge in [-0.1, -0.05) is 48.5 Å². The molecule has 182 valence electrons. The number of carbonyl (C=O) groups is 2. The minimum absolute atomic E-state index is 0.329. The molecule has 0 radical (unpaired) electrons. The topological polar surface area (TPSA) is 108 Å². The van der Waals surface area contributed by atoms with E-state index in [1.54, 1.807) is 72.8 Å². The van der Waals surface area contributed by atoms with E-state index in [-0.39, 0.29) is 5.91 Å². The first-order valence-corrected chi connectivity index (χ1v) is 13.2. The summed E-state index contributed by atoms with van der Waals surface area (Å²) in [6.07, 6.45) is 1.02. The van der Waals surface area contributed by atoms with Crippen LogP contribution in [0.5, 0.6) is 0 Å². The Balaban J connectivity index is 1.63. The van der Waals surface area contributed by atoms with Gasteiger partial charge in [0.05, 0.1) is 17.6 Å². The number of sulfonamides is 1. The highest BCUT2D eigenvalue weighted by Crippen LogP contribution is 2.27. The Morgan fingerprint density at radius 3 is 2.34 bits per heavy atom. The molecule has 8 nitrogen and oxygen atoms in total. The van der Waals surface area contributed by atoms with Crippen molar-refractivity contribution in [3.63, 3.8) is 0 Å². The SMILES string of the molecule is C=C(NNC(=O)CN(c1ccccc1Br)S(C)(=O)=O)c1cccc(NC(=O)c2cccc(Cl)c2)c1. The van der Waals surface area contributed by atoms with E-state index in [0.717, 1.165) is 10.6 Å². The van der Waals surface area contributed by atoms with E-state index in [0.29, 0.717) is 37.7 Å². The van der Waals surface area contributed by atoms with Crippen LogP contribution in [0.4, 0.5) is 11.4 Å². The molecule has 11 heteroatoms. The van der Waals surface area contributed by atoms with Gasteiger partial charge in [-0.25, -0.2) is 8.42 Å². The van der Waals surface area contributed by atoms with Gasteiger partial charge >= 0.3 is 0 Å². The maximum atomic E-state index is 12.5. The fraction of sp³-hybridized carbons (Fsp3) is 0.0833. The lowest BCUT2D eigenvalue weighted by atomic mass is 10.1. The summed E-state index contributed by atoms with van der Waals surface area (Å²) in [4.78, 5) is 25.0. The van der Waals surface area contributed by atoms with Crippen molar-refractivity contribution >= 4 is 66.4 Å². The van der Waals surface area contributed by atoms with Gasteiger partial charge in [-0.2, -0.15) is 0 Å². The predicted molar refractivity (Wildman–Crippen MR) is 142 cm³/mol. The van der Waals surface area contributed by atoms with Gasteiger partial charge in [0.25, 0.3) is 11.8 Å². The summed E-state index contributed by atoms with van der Waals surface area (Å²) < 4.78 is 26.1. The maximum Gasteiger partial charge on any atom is 0.259 e. The lowest BCUT2D eigenvalue weighted by molar-refractivity contribution is -0.120. The summed E-state index contributed by atoms with van der Waals surface area (Å²) in [5, 5.41) is 3.23. The molecular formula is C24H22BrClN4O4S. The van der Waals surface area contributed by atoms with Gasteiger partial charge in [-0.15, -0.1) is 0 Å². The van der Waals surface area contributed by atoms with Crippen LogP contribution in [0, 0.1) is 0 Å². The average Bonchev–Trinajstić information content (AvgIpc) is 2.81. The smallest absolute Gasteiger partial charge is 0.259 e. The molecule has 0 unspecified atom stereocenters. The molecule has 35 heavy (non-hydrogen) atoms. The normalized spacial score (nSPS) is 10.8. The molecule has 0 bridgehead atoms. The van der Waals surface area contributed by atoms with E-state index in [2.05, 4.69) is 38.7 Å². The number of halogens is 2. The highest BCUT2D eigenvalue weighted by molar-refractivity contribution is 9.10. The van der Waals surface area contributed by atoms with E-state index in [4.69, 9.17) is 11.6 Å². The number of rotatable bonds is 9. The Kier molecular flexibility index (Phi) is 8.55. The summed E-state index contributed by atoms with van der Waals surface area (Å²) in [7, 11) is -3.73. The molecule has 0 spiro atoms. The number of nitrogens with one attached hydrogen (secondary N) is 3. The third-order valence-electron chi connectivity index (χ3n) is 4.72. The van der Waals surface area contributed by atoms with Crippen LogP contribution in [-0.4, -0.2) is 33.0 Å². The van der Waals surface area contributed by atoms with Crippen LogP contribution in [0.3, 0.4) is 0 Å². The molecule has 0 saturated heterocycles. The van der Waals surface area contributed by atoms with E-state index in [1.165, 1.54) is 0 Å². The van der Waals surface area contributed by atoms with Crippen LogP contribution < -0.4 is 20.5 Å². The number of amides is 2. The summed E-state index contributed by atoms with van der Waals surface area (Å²) in [6, 6.07) is 20.1. The Morgan fingerprint density at radius 2 is 1.66 bits per heavy atom. The van der Waals surface area contributed by atoms with Crippen molar-refractivity contribution in [3.8, 4) is 0 Å². The van der Waals surface area contributed by atoms with E-state index in [9.17, 15) is 18.0 Å². The van der Waals surface area contributed by atoms with Crippen molar-refractivity contribution in [3.05, 3.63) is 100.0 Å². The zero-order valence-electron chi connectivity index (χ0n) is 18.6. The molecule has 3 rings (SSSR count). The summed E-state index contributed by atoms with van der Waals surface area (Å²) in [5.74, 6) is -0.929. The highest BCUT2D eigenvalue weighted by atomic mass is 79.9. The quantitative estimate of drug-likeness (QED) is 0.327. The largest absolute Gasteiger partial charge is 0.322 e. The number of benzene rings is 3. The number of hydrogen-bond acceptors (Lipinski definition) is 5. The molecule has 0 saturated carbocycles. The van der Waals surface area contributed by atoms with Crippen molar-refractivity contribution in [1.82, 2.24) is 10.9 Å². The van der Waals surface area contributed by atoms with Gasteiger partial charge in [0, 0.05) is 26.3 Å². The molecule has 3 aromatic carbocycles. The van der Waals surface area contributed by atoms with Gasteiger partial charge in [0.1, 0.15) is 6.54 Å². The Labute approximate surface area is 217 Å². The van der Waals surface area contributed by atoms with Gasteiger partial charge in [0.15, 0.2) is 0 Å². The average molecular weight is 578 g/mol. The molecular weight excluding hydrogens is 556 g/mol. The maximum absolute atomic E-state index is 12.5. The summed E-state index contributed by atoms with van der Waals surface area (Å²) in [5.41, 5.74) is 7.33. The van der Waals surface area contributed by atoms with Gasteiger partial charge in [-0.05, 0) is 58.4 Å². The van der Waals surface area contributed by atoms with Crippen LogP contribution in [0.2, 0.25) is 5.02 Å². The Hall–Kier alpha value is -3.34. The standard InChI is InChI=1S/C24H22BrClN4O4S/c1-16(17-7-6-10-20(14-17)27-24(32)18-8-5-9-19(26)13-18)28-29-23(31)15-30(35(2,33)34)22-12-4-3-11-21(22)25/h3-14,28H,1,15H2,2H3,(H,27,32)(H,29,31). The molecule has 0 heterocycles. The monoisotopic (exact) mass is 576 g/mol. The Morgan fingerprint density at radius 1 is 0.971 bits per heavy atom. The third-order valence-corrected chi connectivity index (χ3v) is 6.75. The number of hydrogen-bond donors (Lipinski definition) is 3. The first-order chi connectivity index (χ1) is 16.5. The summed E-state index contributed by atoms with van der Waals surface area (Å²) >= 11 is 9.25. The molecule has 2 amide bonds. The molecule has 0 aliphatic heterocycles. The second-order valence-corrected chi connectivity index (χ2v) is 10.6. The highest BCUT2D eigenvalue weighted by Gasteiger charge is 2.22. The number of para-hydroxylation sites is 1. The van der Waals surface area contributed by atoms with Gasteiger partial charge in [-0.3, -0.25) is 24.7 Å². The minimum atomic E-state index is -3.73. The van der Waals surface area contributed by atoms with Crippen molar-refractivity contribution < 1.29 is 18.0 Å². The lowest BCUT2D eigenvalue weighted by Gasteiger charge is -2.23. The number of hydrazine groups is 1. The molecule has 0 fully saturated rings. The zero-order valence-corrected chi connectivity index (χ0v) is 21.7. The van der Waals surface area contributed by atoms with E-state index >= 15 is 0 Å². The molecule has 0 aromatic heterocycles. The van der Waals surface area contributed by atoms with Crippen molar-refractivity contribution in [2.75, 3.05) is 22.4 Å². The van der Waals surface area contributed by atoms with Crippen molar-refractivity contribution in [2.24, 2.45) is 0 Å². The summed E-state index contributed by atoms with van der Waals surface area (Å²) in [6.45, 7) is 3.44. The van der Waals surface area contributed by atoms with Crippen molar-refractivity contribution in [1.29, 1.82) is 0 Å². The van der Waals surface area contributed by atoms with Crippen LogP contribution in [-0.2, 0) is 14.8 Å².